The summed E-state index contributed by atoms with van der Waals surface area (Å²) in [5.74, 6) is 0. The minimum absolute atomic E-state index is 0.0911. The number of likely N-dealkylation sites (tertiary alicyclic amines) is 1. The summed E-state index contributed by atoms with van der Waals surface area (Å²) in [7, 11) is -1.31. The molecule has 0 aliphatic carbocycles. The molecule has 1 N–H and O–H groups in total. The van der Waals surface area contributed by atoms with Gasteiger partial charge < -0.3 is 10.0 Å². The van der Waals surface area contributed by atoms with E-state index in [0.717, 1.165) is 6.42 Å². The first-order chi connectivity index (χ1) is 8.46. The molecule has 0 bridgehead atoms. The van der Waals surface area contributed by atoms with E-state index >= 15 is 0 Å². The van der Waals surface area contributed by atoms with Crippen LogP contribution in [0.15, 0.2) is 0 Å². The van der Waals surface area contributed by atoms with Gasteiger partial charge >= 0.3 is 0 Å². The molecule has 0 aromatic carbocycles. The summed E-state index contributed by atoms with van der Waals surface area (Å²) in [6.45, 7) is 11.9. The topological polar surface area (TPSA) is 23.5 Å². The maximum Gasteiger partial charge on any atom is 0.0671 e. The van der Waals surface area contributed by atoms with Gasteiger partial charge in [0.05, 0.1) is 14.2 Å². The fourth-order valence-corrected chi connectivity index (χ4v) is 6.00. The molecule has 0 radical (unpaired) electrons. The van der Waals surface area contributed by atoms with Crippen molar-refractivity contribution in [2.45, 2.75) is 83.3 Å². The fourth-order valence-electron chi connectivity index (χ4n) is 3.33. The van der Waals surface area contributed by atoms with Crippen LogP contribution in [0.25, 0.3) is 0 Å². The molecule has 3 heteroatoms. The molecule has 0 amide bonds. The highest BCUT2D eigenvalue weighted by Crippen LogP contribution is 2.25. The maximum atomic E-state index is 10.6. The molecule has 1 aliphatic heterocycles. The zero-order valence-corrected chi connectivity index (χ0v) is 13.9. The molecule has 108 valence electrons. The van der Waals surface area contributed by atoms with Crippen LogP contribution in [-0.4, -0.2) is 42.9 Å². The van der Waals surface area contributed by atoms with Crippen molar-refractivity contribution in [3.63, 3.8) is 0 Å². The average molecular weight is 272 g/mol. The highest BCUT2D eigenvalue weighted by atomic mass is 28.3. The van der Waals surface area contributed by atoms with Gasteiger partial charge in [-0.05, 0) is 32.4 Å². The molecule has 2 atom stereocenters. The zero-order valence-electron chi connectivity index (χ0n) is 12.9. The Labute approximate surface area is 115 Å². The van der Waals surface area contributed by atoms with Gasteiger partial charge in [0.2, 0.25) is 0 Å². The third kappa shape index (κ3) is 5.02. The van der Waals surface area contributed by atoms with Crippen molar-refractivity contribution >= 4 is 8.07 Å². The van der Waals surface area contributed by atoms with Crippen molar-refractivity contribution in [1.29, 1.82) is 0 Å². The third-order valence-electron chi connectivity index (χ3n) is 4.14. The van der Waals surface area contributed by atoms with Crippen molar-refractivity contribution in [1.82, 2.24) is 4.90 Å². The lowest BCUT2D eigenvalue weighted by molar-refractivity contribution is 0.0882. The predicted molar refractivity (Wildman–Crippen MR) is 82.7 cm³/mol. The number of hydrogen-bond donors (Lipinski definition) is 1. The fraction of sp³-hybridized carbons (Fsp3) is 1.00. The lowest BCUT2D eigenvalue weighted by Crippen LogP contribution is -2.56. The van der Waals surface area contributed by atoms with Crippen LogP contribution in [0.5, 0.6) is 0 Å². The Kier molecular flexibility index (Phi) is 6.89. The van der Waals surface area contributed by atoms with Crippen molar-refractivity contribution in [3.8, 4) is 0 Å². The highest BCUT2D eigenvalue weighted by Gasteiger charge is 2.37. The van der Waals surface area contributed by atoms with E-state index in [2.05, 4.69) is 31.5 Å². The van der Waals surface area contributed by atoms with E-state index in [9.17, 15) is 5.11 Å². The number of aliphatic hydroxyl groups excluding tert-OH is 1. The second-order valence-corrected chi connectivity index (χ2v) is 12.3. The largest absolute Gasteiger partial charge is 0.392 e. The standard InChI is InChI=1S/C15H33NOSi/c1-5-6-7-8-11-14(17)15(18(2,3)4)16-12-9-10-13-16/h14-15,17H,5-13H2,1-4H3/t14-,15-/m1/s1. The number of rotatable bonds is 8. The van der Waals surface area contributed by atoms with E-state index in [1.165, 1.54) is 51.6 Å². The Morgan fingerprint density at radius 3 is 2.17 bits per heavy atom. The van der Waals surface area contributed by atoms with Gasteiger partial charge in [0, 0.05) is 5.67 Å². The van der Waals surface area contributed by atoms with Gasteiger partial charge in [-0.2, -0.15) is 0 Å². The molecule has 1 fully saturated rings. The van der Waals surface area contributed by atoms with Gasteiger partial charge in [0.15, 0.2) is 0 Å². The molecule has 1 aliphatic rings. The van der Waals surface area contributed by atoms with Gasteiger partial charge in [-0.15, -0.1) is 0 Å². The quantitative estimate of drug-likeness (QED) is 0.538. The minimum Gasteiger partial charge on any atom is -0.392 e. The van der Waals surface area contributed by atoms with Crippen molar-refractivity contribution in [3.05, 3.63) is 0 Å². The first kappa shape index (κ1) is 16.2. The molecule has 1 heterocycles. The molecule has 0 saturated carbocycles. The van der Waals surface area contributed by atoms with Crippen molar-refractivity contribution < 1.29 is 5.11 Å². The Morgan fingerprint density at radius 1 is 1.06 bits per heavy atom. The molecule has 0 aromatic rings. The van der Waals surface area contributed by atoms with E-state index in [4.69, 9.17) is 0 Å². The van der Waals surface area contributed by atoms with E-state index in [1.807, 2.05) is 0 Å². The van der Waals surface area contributed by atoms with Crippen LogP contribution in [0.1, 0.15) is 51.9 Å². The number of hydrogen-bond acceptors (Lipinski definition) is 2. The molecular formula is C15H33NOSi. The van der Waals surface area contributed by atoms with Crippen LogP contribution in [0.2, 0.25) is 19.6 Å². The summed E-state index contributed by atoms with van der Waals surface area (Å²) in [4.78, 5) is 2.58. The van der Waals surface area contributed by atoms with Crippen LogP contribution in [0.3, 0.4) is 0 Å². The predicted octanol–water partition coefficient (Wildman–Crippen LogP) is 3.66. The van der Waals surface area contributed by atoms with Gasteiger partial charge in [0.1, 0.15) is 0 Å². The summed E-state index contributed by atoms with van der Waals surface area (Å²) >= 11 is 0. The van der Waals surface area contributed by atoms with Gasteiger partial charge in [0.25, 0.3) is 0 Å². The number of aliphatic hydroxyl groups is 1. The summed E-state index contributed by atoms with van der Waals surface area (Å²) in [6, 6.07) is 0. The molecule has 0 spiro atoms. The molecule has 1 saturated heterocycles. The highest BCUT2D eigenvalue weighted by molar-refractivity contribution is 6.77. The van der Waals surface area contributed by atoms with Crippen LogP contribution >= 0.6 is 0 Å². The van der Waals surface area contributed by atoms with Gasteiger partial charge in [-0.3, -0.25) is 0 Å². The summed E-state index contributed by atoms with van der Waals surface area (Å²) in [5.41, 5.74) is 0.474. The smallest absolute Gasteiger partial charge is 0.0671 e. The van der Waals surface area contributed by atoms with Crippen molar-refractivity contribution in [2.75, 3.05) is 13.1 Å². The van der Waals surface area contributed by atoms with E-state index in [1.54, 1.807) is 0 Å². The third-order valence-corrected chi connectivity index (χ3v) is 6.66. The Balaban J connectivity index is 2.48. The molecule has 1 rings (SSSR count). The average Bonchev–Trinajstić information content (AvgIpc) is 2.76. The number of unbranched alkanes of at least 4 members (excludes halogenated alkanes) is 3. The number of nitrogens with zero attached hydrogens (tertiary/aromatic N) is 1. The zero-order chi connectivity index (χ0) is 13.6. The maximum absolute atomic E-state index is 10.6. The van der Waals surface area contributed by atoms with Crippen molar-refractivity contribution in [2.24, 2.45) is 0 Å². The Hall–Kier alpha value is 0.137. The molecular weight excluding hydrogens is 238 g/mol. The summed E-state index contributed by atoms with van der Waals surface area (Å²) in [6.07, 6.45) is 8.63. The van der Waals surface area contributed by atoms with Crippen LogP contribution in [0, 0.1) is 0 Å². The van der Waals surface area contributed by atoms with E-state index in [0.29, 0.717) is 5.67 Å². The first-order valence-corrected chi connectivity index (χ1v) is 11.5. The molecule has 0 aromatic heterocycles. The molecule has 0 unspecified atom stereocenters. The summed E-state index contributed by atoms with van der Waals surface area (Å²) < 4.78 is 0. The monoisotopic (exact) mass is 271 g/mol. The van der Waals surface area contributed by atoms with Gasteiger partial charge in [-0.25, -0.2) is 0 Å². The second-order valence-electron chi connectivity index (χ2n) is 6.97. The van der Waals surface area contributed by atoms with Crippen LogP contribution in [-0.2, 0) is 0 Å². The van der Waals surface area contributed by atoms with Crippen LogP contribution in [0.4, 0.5) is 0 Å². The Morgan fingerprint density at radius 2 is 1.67 bits per heavy atom. The lowest BCUT2D eigenvalue weighted by Gasteiger charge is -2.40. The van der Waals surface area contributed by atoms with E-state index < -0.39 is 8.07 Å². The molecule has 2 nitrogen and oxygen atoms in total. The Bertz CT molecular complexity index is 221. The normalized spacial score (nSPS) is 21.2. The SMILES string of the molecule is CCCCCC[C@@H](O)[C@H](N1CCCC1)[Si](C)(C)C. The van der Waals surface area contributed by atoms with Gasteiger partial charge in [-0.1, -0.05) is 52.2 Å². The summed E-state index contributed by atoms with van der Waals surface area (Å²) in [5, 5.41) is 10.6. The minimum atomic E-state index is -1.31. The van der Waals surface area contributed by atoms with E-state index in [-0.39, 0.29) is 6.10 Å². The van der Waals surface area contributed by atoms with Crippen LogP contribution < -0.4 is 0 Å². The first-order valence-electron chi connectivity index (χ1n) is 7.89. The molecule has 18 heavy (non-hydrogen) atoms. The lowest BCUT2D eigenvalue weighted by atomic mass is 10.1. The second kappa shape index (κ2) is 7.66.